The Kier molecular flexibility index (Phi) is 4.36. The van der Waals surface area contributed by atoms with Gasteiger partial charge in [-0.1, -0.05) is 26.7 Å². The molecule has 4 unspecified atom stereocenters. The van der Waals surface area contributed by atoms with Crippen molar-refractivity contribution in [1.82, 2.24) is 10.2 Å². The number of amides is 1. The van der Waals surface area contributed by atoms with Gasteiger partial charge >= 0.3 is 0 Å². The highest BCUT2D eigenvalue weighted by Gasteiger charge is 2.45. The first-order valence-electron chi connectivity index (χ1n) is 8.26. The lowest BCUT2D eigenvalue weighted by Crippen LogP contribution is -2.41. The van der Waals surface area contributed by atoms with Gasteiger partial charge in [0.05, 0.1) is 6.04 Å². The van der Waals surface area contributed by atoms with E-state index in [0.717, 1.165) is 19.3 Å². The molecule has 1 aromatic heterocycles. The third-order valence-electron chi connectivity index (χ3n) is 4.97. The molecule has 3 rings (SSSR count). The highest BCUT2D eigenvalue weighted by atomic mass is 32.1. The third-order valence-corrected chi connectivity index (χ3v) is 6.02. The van der Waals surface area contributed by atoms with Crippen LogP contribution in [0.2, 0.25) is 0 Å². The first-order valence-corrected chi connectivity index (χ1v) is 9.08. The zero-order valence-corrected chi connectivity index (χ0v) is 14.1. The van der Waals surface area contributed by atoms with Crippen molar-refractivity contribution >= 4 is 17.2 Å². The fourth-order valence-electron chi connectivity index (χ4n) is 3.86. The summed E-state index contributed by atoms with van der Waals surface area (Å²) < 4.78 is 0. The number of nitrogens with zero attached hydrogens (tertiary/aromatic N) is 1. The minimum atomic E-state index is 0.00945. The molecule has 2 aliphatic rings. The van der Waals surface area contributed by atoms with Gasteiger partial charge in [0.2, 0.25) is 5.91 Å². The Morgan fingerprint density at radius 2 is 2.19 bits per heavy atom. The fourth-order valence-corrected chi connectivity index (χ4v) is 4.80. The zero-order valence-electron chi connectivity index (χ0n) is 13.3. The summed E-state index contributed by atoms with van der Waals surface area (Å²) in [4.78, 5) is 17.7. The predicted octanol–water partition coefficient (Wildman–Crippen LogP) is 3.84. The maximum absolute atomic E-state index is 12.9. The van der Waals surface area contributed by atoms with Gasteiger partial charge in [0.25, 0.3) is 0 Å². The Morgan fingerprint density at radius 3 is 2.76 bits per heavy atom. The summed E-state index contributed by atoms with van der Waals surface area (Å²) in [7, 11) is 0. The summed E-state index contributed by atoms with van der Waals surface area (Å²) in [5.41, 5.74) is 0. The number of hydrogen-bond acceptors (Lipinski definition) is 3. The molecule has 4 heteroatoms. The molecule has 0 aromatic carbocycles. The van der Waals surface area contributed by atoms with E-state index in [1.165, 1.54) is 22.6 Å². The number of carbonyl (C=O) groups excluding carboxylic acids is 1. The van der Waals surface area contributed by atoms with Crippen LogP contribution in [0.5, 0.6) is 0 Å². The highest BCUT2D eigenvalue weighted by Crippen LogP contribution is 2.39. The summed E-state index contributed by atoms with van der Waals surface area (Å²) in [6.45, 7) is 6.59. The zero-order chi connectivity index (χ0) is 15.0. The average molecular weight is 306 g/mol. The number of aryl methyl sites for hydroxylation is 1. The number of carbonyl (C=O) groups is 1. The lowest BCUT2D eigenvalue weighted by molar-refractivity contribution is -0.133. The van der Waals surface area contributed by atoms with Gasteiger partial charge in [-0.2, -0.15) is 0 Å². The van der Waals surface area contributed by atoms with Crippen molar-refractivity contribution in [3.63, 3.8) is 0 Å². The minimum Gasteiger partial charge on any atom is -0.317 e. The van der Waals surface area contributed by atoms with Gasteiger partial charge in [0.1, 0.15) is 6.17 Å². The molecule has 1 saturated heterocycles. The second-order valence-electron chi connectivity index (χ2n) is 6.58. The molecule has 1 aliphatic carbocycles. The Hall–Kier alpha value is -0.870. The molecule has 116 valence electrons. The van der Waals surface area contributed by atoms with Crippen LogP contribution in [0.1, 0.15) is 61.9 Å². The monoisotopic (exact) mass is 306 g/mol. The molecule has 2 heterocycles. The van der Waals surface area contributed by atoms with Crippen molar-refractivity contribution in [1.29, 1.82) is 0 Å². The SMILES string of the molecule is CCCC1NC(c2ccc(C)s2)N(C2CCCC2C)C1=O. The Bertz CT molecular complexity index is 513. The molecular weight excluding hydrogens is 280 g/mol. The van der Waals surface area contributed by atoms with Crippen LogP contribution in [0.3, 0.4) is 0 Å². The molecule has 3 nitrogen and oxygen atoms in total. The number of nitrogens with one attached hydrogen (secondary N) is 1. The number of thiophene rings is 1. The van der Waals surface area contributed by atoms with Crippen molar-refractivity contribution in [2.75, 3.05) is 0 Å². The standard InChI is InChI=1S/C17H26N2OS/c1-4-6-13-17(20)19(14-8-5-7-11(14)2)16(18-13)15-10-9-12(3)21-15/h9-11,13-14,16,18H,4-8H2,1-3H3. The number of rotatable bonds is 4. The quantitative estimate of drug-likeness (QED) is 0.916. The van der Waals surface area contributed by atoms with Gasteiger partial charge in [-0.05, 0) is 44.2 Å². The smallest absolute Gasteiger partial charge is 0.241 e. The fraction of sp³-hybridized carbons (Fsp3) is 0.706. The molecule has 0 radical (unpaired) electrons. The van der Waals surface area contributed by atoms with Crippen LogP contribution >= 0.6 is 11.3 Å². The summed E-state index contributed by atoms with van der Waals surface area (Å²) in [5, 5.41) is 3.61. The van der Waals surface area contributed by atoms with E-state index in [2.05, 4.69) is 43.1 Å². The van der Waals surface area contributed by atoms with E-state index in [0.29, 0.717) is 17.9 Å². The van der Waals surface area contributed by atoms with Gasteiger partial charge in [0.15, 0.2) is 0 Å². The van der Waals surface area contributed by atoms with Gasteiger partial charge in [0, 0.05) is 15.8 Å². The topological polar surface area (TPSA) is 32.3 Å². The Morgan fingerprint density at radius 1 is 1.38 bits per heavy atom. The molecule has 1 aliphatic heterocycles. The summed E-state index contributed by atoms with van der Waals surface area (Å²) in [6, 6.07) is 4.77. The maximum atomic E-state index is 12.9. The van der Waals surface area contributed by atoms with Crippen molar-refractivity contribution in [2.45, 2.75) is 71.1 Å². The first kappa shape index (κ1) is 15.0. The molecule has 1 saturated carbocycles. The minimum absolute atomic E-state index is 0.00945. The van der Waals surface area contributed by atoms with Crippen LogP contribution in [0.25, 0.3) is 0 Å². The largest absolute Gasteiger partial charge is 0.317 e. The average Bonchev–Trinajstić information content (AvgIpc) is 3.12. The third kappa shape index (κ3) is 2.76. The second kappa shape index (κ2) is 6.09. The van der Waals surface area contributed by atoms with Gasteiger partial charge < -0.3 is 4.90 Å². The normalized spacial score (nSPS) is 33.1. The van der Waals surface area contributed by atoms with Gasteiger partial charge in [-0.15, -0.1) is 11.3 Å². The van der Waals surface area contributed by atoms with Crippen LogP contribution in [0.15, 0.2) is 12.1 Å². The van der Waals surface area contributed by atoms with E-state index in [-0.39, 0.29) is 12.2 Å². The van der Waals surface area contributed by atoms with Crippen LogP contribution in [0.4, 0.5) is 0 Å². The van der Waals surface area contributed by atoms with Crippen molar-refractivity contribution < 1.29 is 4.79 Å². The summed E-state index contributed by atoms with van der Waals surface area (Å²) in [5.74, 6) is 0.950. The number of hydrogen-bond donors (Lipinski definition) is 1. The molecule has 0 spiro atoms. The van der Waals surface area contributed by atoms with Gasteiger partial charge in [-0.3, -0.25) is 10.1 Å². The van der Waals surface area contributed by atoms with Crippen LogP contribution < -0.4 is 5.32 Å². The molecule has 4 atom stereocenters. The Balaban J connectivity index is 1.89. The molecule has 1 N–H and O–H groups in total. The Labute approximate surface area is 131 Å². The molecule has 2 fully saturated rings. The van der Waals surface area contributed by atoms with Crippen molar-refractivity contribution in [2.24, 2.45) is 5.92 Å². The van der Waals surface area contributed by atoms with Crippen molar-refractivity contribution in [3.05, 3.63) is 21.9 Å². The molecule has 0 bridgehead atoms. The molecule has 1 aromatic rings. The lowest BCUT2D eigenvalue weighted by Gasteiger charge is -2.32. The van der Waals surface area contributed by atoms with E-state index in [1.807, 2.05) is 11.3 Å². The van der Waals surface area contributed by atoms with E-state index >= 15 is 0 Å². The summed E-state index contributed by atoms with van der Waals surface area (Å²) >= 11 is 1.81. The van der Waals surface area contributed by atoms with Crippen LogP contribution in [0, 0.1) is 12.8 Å². The van der Waals surface area contributed by atoms with Crippen molar-refractivity contribution in [3.8, 4) is 0 Å². The second-order valence-corrected chi connectivity index (χ2v) is 7.90. The van der Waals surface area contributed by atoms with Crippen LogP contribution in [-0.2, 0) is 4.79 Å². The maximum Gasteiger partial charge on any atom is 0.241 e. The predicted molar refractivity (Wildman–Crippen MR) is 87.3 cm³/mol. The molecular formula is C17H26N2OS. The van der Waals surface area contributed by atoms with Gasteiger partial charge in [-0.25, -0.2) is 0 Å². The van der Waals surface area contributed by atoms with E-state index in [1.54, 1.807) is 0 Å². The van der Waals surface area contributed by atoms with E-state index in [4.69, 9.17) is 0 Å². The lowest BCUT2D eigenvalue weighted by atomic mass is 10.0. The van der Waals surface area contributed by atoms with E-state index < -0.39 is 0 Å². The first-order chi connectivity index (χ1) is 10.1. The summed E-state index contributed by atoms with van der Waals surface area (Å²) in [6.07, 6.45) is 5.75. The van der Waals surface area contributed by atoms with E-state index in [9.17, 15) is 4.79 Å². The molecule has 1 amide bonds. The highest BCUT2D eigenvalue weighted by molar-refractivity contribution is 7.12. The molecule has 21 heavy (non-hydrogen) atoms. The van der Waals surface area contributed by atoms with Crippen LogP contribution in [-0.4, -0.2) is 22.9 Å².